The summed E-state index contributed by atoms with van der Waals surface area (Å²) >= 11 is 0. The molecule has 0 unspecified atom stereocenters. The highest BCUT2D eigenvalue weighted by Crippen LogP contribution is 2.58. The van der Waals surface area contributed by atoms with E-state index in [0.717, 1.165) is 5.56 Å². The van der Waals surface area contributed by atoms with E-state index in [9.17, 15) is 9.59 Å². The predicted octanol–water partition coefficient (Wildman–Crippen LogP) is 1.90. The summed E-state index contributed by atoms with van der Waals surface area (Å²) in [6, 6.07) is 37.0. The van der Waals surface area contributed by atoms with E-state index in [1.165, 1.54) is 29.9 Å². The van der Waals surface area contributed by atoms with Crippen molar-refractivity contribution in [1.82, 2.24) is 0 Å². The molecule has 0 amide bonds. The summed E-state index contributed by atoms with van der Waals surface area (Å²) in [5, 5.41) is 3.75. The van der Waals surface area contributed by atoms with Gasteiger partial charge in [-0.3, -0.25) is 4.79 Å². The van der Waals surface area contributed by atoms with Crippen LogP contribution in [-0.4, -0.2) is 19.0 Å². The zero-order valence-corrected chi connectivity index (χ0v) is 22.0. The molecule has 0 aliphatic rings. The third-order valence-electron chi connectivity index (χ3n) is 5.72. The lowest BCUT2D eigenvalue weighted by molar-refractivity contribution is -0.131. The summed E-state index contributed by atoms with van der Waals surface area (Å²) in [6.07, 6.45) is 0.695. The van der Waals surface area contributed by atoms with Crippen molar-refractivity contribution in [3.05, 3.63) is 120 Å². The first-order chi connectivity index (χ1) is 16.5. The van der Waals surface area contributed by atoms with Crippen LogP contribution in [0.3, 0.4) is 0 Å². The number of methoxy groups -OCH3 is 1. The van der Waals surface area contributed by atoms with Gasteiger partial charge in [0.1, 0.15) is 34.5 Å². The molecule has 0 heterocycles. The molecule has 4 aromatic carbocycles. The van der Waals surface area contributed by atoms with Crippen LogP contribution in [0.2, 0.25) is 0 Å². The molecule has 0 aliphatic heterocycles. The fourth-order valence-electron chi connectivity index (χ4n) is 4.23. The number of hydrogen-bond donors (Lipinski definition) is 0. The van der Waals surface area contributed by atoms with Gasteiger partial charge in [-0.2, -0.15) is 0 Å². The minimum Gasteiger partial charge on any atom is -1.00 e. The molecular formula is C29H26BrO4P. The molecule has 0 radical (unpaired) electrons. The number of carbonyl (C=O) groups excluding carboxylic acids is 2. The lowest BCUT2D eigenvalue weighted by Gasteiger charge is -2.28. The van der Waals surface area contributed by atoms with Crippen molar-refractivity contribution >= 4 is 35.1 Å². The highest BCUT2D eigenvalue weighted by Gasteiger charge is 2.45. The highest BCUT2D eigenvalue weighted by molar-refractivity contribution is 7.95. The van der Waals surface area contributed by atoms with Crippen LogP contribution >= 0.6 is 7.26 Å². The first-order valence-corrected chi connectivity index (χ1v) is 13.0. The molecule has 0 fully saturated rings. The summed E-state index contributed by atoms with van der Waals surface area (Å²) in [4.78, 5) is 24.0. The predicted molar refractivity (Wildman–Crippen MR) is 138 cm³/mol. The smallest absolute Gasteiger partial charge is 0.341 e. The van der Waals surface area contributed by atoms with Crippen molar-refractivity contribution in [2.45, 2.75) is 13.1 Å². The number of benzene rings is 4. The topological polar surface area (TPSA) is 52.6 Å². The average Bonchev–Trinajstić information content (AvgIpc) is 2.88. The summed E-state index contributed by atoms with van der Waals surface area (Å²) in [5.41, 5.74) is 1.19. The largest absolute Gasteiger partial charge is 1.00 e. The molecule has 4 nitrogen and oxygen atoms in total. The molecule has 178 valence electrons. The van der Waals surface area contributed by atoms with Crippen molar-refractivity contribution in [3.8, 4) is 5.75 Å². The molecule has 6 heteroatoms. The Labute approximate surface area is 217 Å². The lowest BCUT2D eigenvalue weighted by Crippen LogP contribution is -3.00. The monoisotopic (exact) mass is 548 g/mol. The van der Waals surface area contributed by atoms with E-state index < -0.39 is 19.2 Å². The van der Waals surface area contributed by atoms with Crippen molar-refractivity contribution in [1.29, 1.82) is 0 Å². The van der Waals surface area contributed by atoms with Gasteiger partial charge in [0.25, 0.3) is 0 Å². The maximum absolute atomic E-state index is 12.3. The van der Waals surface area contributed by atoms with Crippen LogP contribution < -0.4 is 37.6 Å². The number of rotatable bonds is 7. The van der Waals surface area contributed by atoms with Gasteiger partial charge >= 0.3 is 11.9 Å². The van der Waals surface area contributed by atoms with E-state index in [4.69, 9.17) is 9.47 Å². The Bertz CT molecular complexity index is 1180. The van der Waals surface area contributed by atoms with Crippen molar-refractivity contribution in [2.24, 2.45) is 0 Å². The standard InChI is InChI=1S/C29H26O4P.BrH/c1-22(30)33-28-20-23(18-19-27(28)29(31)32-2)21-34(24-12-6-3-7-13-24,25-14-8-4-9-15-25)26-16-10-5-11-17-26;/h3-20H,21H2,1-2H3;1H/q+1;/p-1. The molecule has 0 N–H and O–H groups in total. The Hall–Kier alpha value is -3.27. The zero-order chi connectivity index (χ0) is 24.0. The van der Waals surface area contributed by atoms with Gasteiger partial charge in [-0.05, 0) is 54.1 Å². The van der Waals surface area contributed by atoms with E-state index in [2.05, 4.69) is 72.8 Å². The second kappa shape index (κ2) is 11.9. The number of hydrogen-bond acceptors (Lipinski definition) is 4. The fraction of sp³-hybridized carbons (Fsp3) is 0.103. The van der Waals surface area contributed by atoms with Gasteiger partial charge in [0.05, 0.1) is 13.3 Å². The first kappa shape index (κ1) is 26.3. The Morgan fingerprint density at radius 1 is 0.714 bits per heavy atom. The molecule has 0 aliphatic carbocycles. The Morgan fingerprint density at radius 3 is 1.57 bits per heavy atom. The average molecular weight is 549 g/mol. The molecule has 0 bridgehead atoms. The van der Waals surface area contributed by atoms with Gasteiger partial charge in [-0.15, -0.1) is 0 Å². The maximum atomic E-state index is 12.3. The number of esters is 2. The Balaban J connectivity index is 0.00000342. The van der Waals surface area contributed by atoms with Gasteiger partial charge in [-0.1, -0.05) is 60.7 Å². The van der Waals surface area contributed by atoms with Crippen LogP contribution in [-0.2, 0) is 15.7 Å². The molecule has 35 heavy (non-hydrogen) atoms. The first-order valence-electron chi connectivity index (χ1n) is 11.0. The molecule has 0 saturated heterocycles. The van der Waals surface area contributed by atoms with E-state index in [1.807, 2.05) is 24.3 Å². The molecule has 0 saturated carbocycles. The van der Waals surface area contributed by atoms with Gasteiger partial charge in [-0.25, -0.2) is 4.79 Å². The molecule has 4 rings (SSSR count). The van der Waals surface area contributed by atoms with Gasteiger partial charge < -0.3 is 26.5 Å². The summed E-state index contributed by atoms with van der Waals surface area (Å²) < 4.78 is 10.3. The van der Waals surface area contributed by atoms with Crippen molar-refractivity contribution in [2.75, 3.05) is 7.11 Å². The molecule has 0 atom stereocenters. The molecule has 0 spiro atoms. The van der Waals surface area contributed by atoms with Gasteiger partial charge in [0.15, 0.2) is 0 Å². The number of ether oxygens (including phenoxy) is 2. The Kier molecular flexibility index (Phi) is 8.97. The second-order valence-corrected chi connectivity index (χ2v) is 11.4. The summed E-state index contributed by atoms with van der Waals surface area (Å²) in [6.45, 7) is 1.32. The summed E-state index contributed by atoms with van der Waals surface area (Å²) in [5.74, 6) is -0.820. The zero-order valence-electron chi connectivity index (χ0n) is 19.6. The van der Waals surface area contributed by atoms with Crippen molar-refractivity contribution < 1.29 is 36.0 Å². The number of halogens is 1. The third kappa shape index (κ3) is 5.70. The van der Waals surface area contributed by atoms with E-state index >= 15 is 0 Å². The van der Waals surface area contributed by atoms with E-state index in [-0.39, 0.29) is 28.3 Å². The van der Waals surface area contributed by atoms with Crippen LogP contribution in [0.25, 0.3) is 0 Å². The van der Waals surface area contributed by atoms with Crippen molar-refractivity contribution in [3.63, 3.8) is 0 Å². The lowest BCUT2D eigenvalue weighted by atomic mass is 10.1. The van der Waals surface area contributed by atoms with Crippen LogP contribution in [0.1, 0.15) is 22.8 Å². The van der Waals surface area contributed by atoms with Gasteiger partial charge in [0.2, 0.25) is 0 Å². The molecular weight excluding hydrogens is 523 g/mol. The third-order valence-corrected chi connectivity index (χ3v) is 10.1. The highest BCUT2D eigenvalue weighted by atomic mass is 79.9. The SMILES string of the molecule is COC(=O)c1ccc(C[P+](c2ccccc2)(c2ccccc2)c2ccccc2)cc1OC(C)=O.[Br-]. The van der Waals surface area contributed by atoms with E-state index in [0.29, 0.717) is 6.16 Å². The molecule has 4 aromatic rings. The van der Waals surface area contributed by atoms with Crippen LogP contribution in [0.4, 0.5) is 0 Å². The van der Waals surface area contributed by atoms with Crippen LogP contribution in [0, 0.1) is 0 Å². The normalized spacial score (nSPS) is 10.7. The van der Waals surface area contributed by atoms with E-state index in [1.54, 1.807) is 12.1 Å². The van der Waals surface area contributed by atoms with Gasteiger partial charge in [0, 0.05) is 6.92 Å². The minimum atomic E-state index is -2.13. The van der Waals surface area contributed by atoms with Crippen LogP contribution in [0.15, 0.2) is 109 Å². The number of carbonyl (C=O) groups is 2. The quantitative estimate of drug-likeness (QED) is 0.201. The summed E-state index contributed by atoms with van der Waals surface area (Å²) in [7, 11) is -0.822. The maximum Gasteiger partial charge on any atom is 0.341 e. The fourth-order valence-corrected chi connectivity index (χ4v) is 8.46. The second-order valence-electron chi connectivity index (χ2n) is 7.89. The molecule has 0 aromatic heterocycles. The van der Waals surface area contributed by atoms with Crippen LogP contribution in [0.5, 0.6) is 5.75 Å². The Morgan fingerprint density at radius 2 is 1.17 bits per heavy atom. The minimum absolute atomic E-state index is 0.